The Morgan fingerprint density at radius 3 is 2.73 bits per heavy atom. The number of esters is 1. The summed E-state index contributed by atoms with van der Waals surface area (Å²) in [4.78, 5) is 47.5. The van der Waals surface area contributed by atoms with Crippen LogP contribution in [0.15, 0.2) is 12.4 Å². The van der Waals surface area contributed by atoms with Gasteiger partial charge in [0.2, 0.25) is 5.91 Å². The van der Waals surface area contributed by atoms with E-state index in [0.717, 1.165) is 4.90 Å². The van der Waals surface area contributed by atoms with Crippen LogP contribution in [0.5, 0.6) is 0 Å². The highest BCUT2D eigenvalue weighted by Gasteiger charge is 2.69. The maximum atomic E-state index is 12.9. The van der Waals surface area contributed by atoms with Crippen molar-refractivity contribution in [3.8, 4) is 0 Å². The molecule has 0 spiro atoms. The highest BCUT2D eigenvalue weighted by molar-refractivity contribution is 7.93. The highest BCUT2D eigenvalue weighted by atomic mass is 32.2. The molecule has 164 valence electrons. The van der Waals surface area contributed by atoms with Gasteiger partial charge >= 0.3 is 5.97 Å². The van der Waals surface area contributed by atoms with Gasteiger partial charge in [-0.15, -0.1) is 9.36 Å². The Morgan fingerprint density at radius 2 is 2.13 bits per heavy atom. The molecule has 0 saturated carbocycles. The van der Waals surface area contributed by atoms with E-state index in [1.165, 1.54) is 28.7 Å². The molecule has 30 heavy (non-hydrogen) atoms. The number of amides is 2. The fourth-order valence-corrected chi connectivity index (χ4v) is 6.06. The number of carboxylic acid groups (broad SMARTS) is 1. The van der Waals surface area contributed by atoms with Gasteiger partial charge in [-0.05, 0) is 13.8 Å². The first-order chi connectivity index (χ1) is 14.0. The topological polar surface area (TPSA) is 172 Å². The maximum absolute atomic E-state index is 12.9. The van der Waals surface area contributed by atoms with Crippen LogP contribution in [0.1, 0.15) is 20.3 Å². The van der Waals surface area contributed by atoms with Crippen molar-refractivity contribution in [1.82, 2.24) is 20.1 Å². The molecule has 0 aliphatic carbocycles. The Balaban J connectivity index is 1.71. The number of fused-ring (bicyclic) bond motifs is 1. The van der Waals surface area contributed by atoms with Gasteiger partial charge < -0.3 is 24.9 Å². The minimum Gasteiger partial charge on any atom is -0.548 e. The van der Waals surface area contributed by atoms with Gasteiger partial charge in [0, 0.05) is 0 Å². The van der Waals surface area contributed by atoms with Crippen molar-refractivity contribution in [2.75, 3.05) is 13.2 Å². The molecular formula is C16H21N5O8S. The van der Waals surface area contributed by atoms with E-state index < -0.39 is 49.8 Å². The molecule has 3 rings (SSSR count). The van der Waals surface area contributed by atoms with Crippen LogP contribution in [-0.2, 0) is 46.8 Å². The van der Waals surface area contributed by atoms with Crippen molar-refractivity contribution in [2.45, 2.75) is 49.5 Å². The van der Waals surface area contributed by atoms with Crippen LogP contribution in [-0.4, -0.2) is 76.3 Å². The lowest BCUT2D eigenvalue weighted by atomic mass is 9.96. The SMILES string of the molecule is CCOC(=O)CNC(=O)C[n+]1ccn(C[C@@]2(C)[C@H](C(=O)[O-])N3C(=O)C[C@H]3S2(=O)=O)n1. The molecule has 0 bridgehead atoms. The van der Waals surface area contributed by atoms with E-state index in [1.807, 2.05) is 0 Å². The van der Waals surface area contributed by atoms with Gasteiger partial charge in [-0.2, -0.15) is 0 Å². The molecule has 2 aliphatic heterocycles. The van der Waals surface area contributed by atoms with E-state index in [0.29, 0.717) is 0 Å². The van der Waals surface area contributed by atoms with Crippen molar-refractivity contribution < 1.29 is 42.1 Å². The van der Waals surface area contributed by atoms with Crippen LogP contribution >= 0.6 is 0 Å². The fraction of sp³-hybridized carbons (Fsp3) is 0.625. The number of carbonyl (C=O) groups is 4. The molecule has 0 unspecified atom stereocenters. The summed E-state index contributed by atoms with van der Waals surface area (Å²) < 4.78 is 31.0. The van der Waals surface area contributed by atoms with E-state index in [4.69, 9.17) is 4.74 Å². The zero-order valence-electron chi connectivity index (χ0n) is 16.3. The summed E-state index contributed by atoms with van der Waals surface area (Å²) in [5, 5.41) is 16.9. The second-order valence-corrected chi connectivity index (χ2v) is 9.77. The average Bonchev–Trinajstić information content (AvgIpc) is 3.12. The van der Waals surface area contributed by atoms with E-state index in [-0.39, 0.29) is 32.7 Å². The highest BCUT2D eigenvalue weighted by Crippen LogP contribution is 2.46. The number of aliphatic carboxylic acids is 1. The number of carboxylic acids is 1. The summed E-state index contributed by atoms with van der Waals surface area (Å²) in [5.41, 5.74) is 0. The molecule has 3 heterocycles. The van der Waals surface area contributed by atoms with Crippen molar-refractivity contribution >= 4 is 33.6 Å². The number of nitrogens with zero attached hydrogens (tertiary/aromatic N) is 4. The Bertz CT molecular complexity index is 1010. The first kappa shape index (κ1) is 21.7. The molecule has 0 aromatic carbocycles. The largest absolute Gasteiger partial charge is 0.548 e. The van der Waals surface area contributed by atoms with Gasteiger partial charge in [0.1, 0.15) is 23.2 Å². The summed E-state index contributed by atoms with van der Waals surface area (Å²) in [6.45, 7) is 2.15. The zero-order chi connectivity index (χ0) is 22.3. The van der Waals surface area contributed by atoms with Crippen molar-refractivity contribution in [3.63, 3.8) is 0 Å². The summed E-state index contributed by atoms with van der Waals surface area (Å²) >= 11 is 0. The average molecular weight is 443 g/mol. The Morgan fingerprint density at radius 1 is 1.43 bits per heavy atom. The third kappa shape index (κ3) is 3.51. The van der Waals surface area contributed by atoms with Crippen molar-refractivity contribution in [2.24, 2.45) is 0 Å². The summed E-state index contributed by atoms with van der Waals surface area (Å²) in [5.74, 6) is -3.33. The number of aromatic nitrogens is 3. The Hall–Kier alpha value is -3.03. The molecule has 14 heteroatoms. The minimum absolute atomic E-state index is 0.187. The van der Waals surface area contributed by atoms with Gasteiger partial charge in [0.05, 0.1) is 30.3 Å². The van der Waals surface area contributed by atoms with Gasteiger partial charge in [-0.25, -0.2) is 8.42 Å². The van der Waals surface area contributed by atoms with Gasteiger partial charge in [0.15, 0.2) is 28.8 Å². The number of nitrogens with one attached hydrogen (secondary N) is 1. The molecule has 2 saturated heterocycles. The van der Waals surface area contributed by atoms with Crippen LogP contribution in [0, 0.1) is 0 Å². The Kier molecular flexibility index (Phi) is 5.54. The van der Waals surface area contributed by atoms with E-state index >= 15 is 0 Å². The summed E-state index contributed by atoms with van der Waals surface area (Å²) in [6.07, 6.45) is 2.51. The van der Waals surface area contributed by atoms with Crippen LogP contribution < -0.4 is 15.1 Å². The summed E-state index contributed by atoms with van der Waals surface area (Å²) in [6, 6.07) is -1.64. The predicted octanol–water partition coefficient (Wildman–Crippen LogP) is -4.29. The number of hydrogen-bond donors (Lipinski definition) is 1. The molecule has 1 aromatic heterocycles. The number of β-lactam (4-membered cyclic amide) rings is 1. The molecular weight excluding hydrogens is 422 g/mol. The first-order valence-corrected chi connectivity index (χ1v) is 10.7. The molecule has 2 aliphatic rings. The third-order valence-electron chi connectivity index (χ3n) is 5.19. The van der Waals surface area contributed by atoms with Gasteiger partial charge in [0.25, 0.3) is 5.91 Å². The van der Waals surface area contributed by atoms with Crippen molar-refractivity contribution in [1.29, 1.82) is 0 Å². The lowest BCUT2D eigenvalue weighted by Crippen LogP contribution is -2.61. The van der Waals surface area contributed by atoms with E-state index in [2.05, 4.69) is 10.5 Å². The van der Waals surface area contributed by atoms with Gasteiger partial charge in [-0.1, -0.05) is 0 Å². The summed E-state index contributed by atoms with van der Waals surface area (Å²) in [7, 11) is -4.01. The number of carbonyl (C=O) groups excluding carboxylic acids is 4. The third-order valence-corrected chi connectivity index (χ3v) is 7.96. The van der Waals surface area contributed by atoms with Crippen LogP contribution in [0.25, 0.3) is 0 Å². The quantitative estimate of drug-likeness (QED) is 0.237. The lowest BCUT2D eigenvalue weighted by molar-refractivity contribution is -0.743. The fourth-order valence-electron chi connectivity index (χ4n) is 3.71. The maximum Gasteiger partial charge on any atom is 0.325 e. The molecule has 1 N–H and O–H groups in total. The minimum atomic E-state index is -4.01. The Labute approximate surface area is 171 Å². The van der Waals surface area contributed by atoms with E-state index in [1.54, 1.807) is 6.92 Å². The molecule has 2 fully saturated rings. The monoisotopic (exact) mass is 443 g/mol. The second kappa shape index (κ2) is 7.66. The smallest absolute Gasteiger partial charge is 0.325 e. The van der Waals surface area contributed by atoms with E-state index in [9.17, 15) is 32.7 Å². The molecule has 13 nitrogen and oxygen atoms in total. The molecule has 3 atom stereocenters. The number of rotatable bonds is 8. The number of hydrogen-bond acceptors (Lipinski definition) is 9. The van der Waals surface area contributed by atoms with Crippen molar-refractivity contribution in [3.05, 3.63) is 12.4 Å². The van der Waals surface area contributed by atoms with Crippen LogP contribution in [0.3, 0.4) is 0 Å². The predicted molar refractivity (Wildman–Crippen MR) is 93.4 cm³/mol. The van der Waals surface area contributed by atoms with Crippen LogP contribution in [0.2, 0.25) is 0 Å². The molecule has 1 aromatic rings. The van der Waals surface area contributed by atoms with Gasteiger partial charge in [-0.3, -0.25) is 14.4 Å². The normalized spacial score (nSPS) is 26.6. The standard InChI is InChI=1S/C16H21N5O8S/c1-3-29-13(24)7-17-10(22)8-19-4-5-20(18-19)9-16(2)14(15(25)26)21-11(23)6-12(21)30(16,27)28/h4-5,12,14H,3,6-9H2,1-2H3,(H-,17,22,25,26)/t12-,14+,16+/m1/s1. The second-order valence-electron chi connectivity index (χ2n) is 7.20. The molecule has 2 amide bonds. The number of sulfone groups is 1. The first-order valence-electron chi connectivity index (χ1n) is 9.12. The molecule has 0 radical (unpaired) electrons. The van der Waals surface area contributed by atoms with Crippen LogP contribution in [0.4, 0.5) is 0 Å². The zero-order valence-corrected chi connectivity index (χ0v) is 17.1. The lowest BCUT2D eigenvalue weighted by Gasteiger charge is -2.38. The number of ether oxygens (including phenoxy) is 1.